The summed E-state index contributed by atoms with van der Waals surface area (Å²) in [5, 5.41) is 0. The van der Waals surface area contributed by atoms with Crippen LogP contribution >= 0.6 is 0 Å². The largest absolute Gasteiger partial charge is 0.497 e. The fourth-order valence-electron chi connectivity index (χ4n) is 4.41. The number of methoxy groups -OCH3 is 1. The van der Waals surface area contributed by atoms with Crippen molar-refractivity contribution in [2.24, 2.45) is 5.92 Å². The van der Waals surface area contributed by atoms with Crippen LogP contribution in [0.25, 0.3) is 6.08 Å². The Bertz CT molecular complexity index is 887. The molecule has 2 aromatic carbocycles. The van der Waals surface area contributed by atoms with E-state index in [0.717, 1.165) is 37.1 Å². The zero-order chi connectivity index (χ0) is 21.5. The van der Waals surface area contributed by atoms with Crippen LogP contribution in [-0.4, -0.2) is 45.2 Å². The number of allylic oxidation sites excluding steroid dienone is 1. The molecule has 1 aliphatic carbocycles. The Labute approximate surface area is 180 Å². The zero-order valence-corrected chi connectivity index (χ0v) is 18.6. The van der Waals surface area contributed by atoms with E-state index in [-0.39, 0.29) is 5.97 Å². The van der Waals surface area contributed by atoms with Gasteiger partial charge in [-0.3, -0.25) is 0 Å². The van der Waals surface area contributed by atoms with Crippen LogP contribution in [0.1, 0.15) is 53.6 Å². The van der Waals surface area contributed by atoms with Gasteiger partial charge in [-0.25, -0.2) is 4.79 Å². The highest BCUT2D eigenvalue weighted by molar-refractivity contribution is 5.90. The lowest BCUT2D eigenvalue weighted by atomic mass is 9.73. The van der Waals surface area contributed by atoms with E-state index in [1.807, 2.05) is 31.2 Å². The summed E-state index contributed by atoms with van der Waals surface area (Å²) in [5.74, 6) is 1.71. The Hall–Kier alpha value is -2.59. The average Bonchev–Trinajstić information content (AvgIpc) is 2.75. The van der Waals surface area contributed by atoms with Crippen molar-refractivity contribution in [3.05, 3.63) is 70.8 Å². The molecule has 0 N–H and O–H groups in total. The molecular formula is C26H33NO3. The summed E-state index contributed by atoms with van der Waals surface area (Å²) in [7, 11) is 6.02. The molecule has 2 aromatic rings. The second kappa shape index (κ2) is 10.4. The second-order valence-corrected chi connectivity index (χ2v) is 8.30. The minimum atomic E-state index is -0.262. The summed E-state index contributed by atoms with van der Waals surface area (Å²) in [6, 6.07) is 16.2. The number of hydrogen-bond acceptors (Lipinski definition) is 4. The topological polar surface area (TPSA) is 38.8 Å². The Morgan fingerprint density at radius 2 is 1.97 bits per heavy atom. The van der Waals surface area contributed by atoms with Gasteiger partial charge in [0.25, 0.3) is 0 Å². The molecule has 2 atom stereocenters. The van der Waals surface area contributed by atoms with Gasteiger partial charge in [-0.2, -0.15) is 0 Å². The minimum Gasteiger partial charge on any atom is -0.497 e. The lowest BCUT2D eigenvalue weighted by Crippen LogP contribution is -2.29. The third kappa shape index (κ3) is 5.73. The first-order valence-corrected chi connectivity index (χ1v) is 10.8. The quantitative estimate of drug-likeness (QED) is 0.576. The molecule has 0 heterocycles. The van der Waals surface area contributed by atoms with Gasteiger partial charge < -0.3 is 14.4 Å². The van der Waals surface area contributed by atoms with Crippen molar-refractivity contribution in [2.45, 2.75) is 32.1 Å². The number of ether oxygens (including phenoxy) is 2. The Kier molecular flexibility index (Phi) is 7.69. The van der Waals surface area contributed by atoms with Gasteiger partial charge in [-0.05, 0) is 87.5 Å². The van der Waals surface area contributed by atoms with Gasteiger partial charge in [0.15, 0.2) is 0 Å². The molecule has 0 aromatic heterocycles. The number of rotatable bonds is 7. The van der Waals surface area contributed by atoms with Gasteiger partial charge in [-0.1, -0.05) is 35.9 Å². The fourth-order valence-corrected chi connectivity index (χ4v) is 4.41. The molecular weight excluding hydrogens is 374 g/mol. The average molecular weight is 408 g/mol. The van der Waals surface area contributed by atoms with Crippen molar-refractivity contribution in [2.75, 3.05) is 34.4 Å². The van der Waals surface area contributed by atoms with Crippen molar-refractivity contribution in [3.63, 3.8) is 0 Å². The first-order chi connectivity index (χ1) is 14.5. The smallest absolute Gasteiger partial charge is 0.338 e. The summed E-state index contributed by atoms with van der Waals surface area (Å²) in [6.45, 7) is 3.29. The first-order valence-electron chi connectivity index (χ1n) is 10.8. The van der Waals surface area contributed by atoms with Gasteiger partial charge in [0.2, 0.25) is 0 Å². The lowest BCUT2D eigenvalue weighted by molar-refractivity contribution is 0.0526. The normalized spacial score (nSPS) is 20.4. The van der Waals surface area contributed by atoms with Gasteiger partial charge in [0.05, 0.1) is 19.3 Å². The second-order valence-electron chi connectivity index (χ2n) is 8.30. The number of carbonyl (C=O) groups is 1. The van der Waals surface area contributed by atoms with Crippen molar-refractivity contribution < 1.29 is 14.3 Å². The molecule has 0 radical (unpaired) electrons. The highest BCUT2D eigenvalue weighted by Crippen LogP contribution is 2.42. The van der Waals surface area contributed by atoms with Gasteiger partial charge in [-0.15, -0.1) is 0 Å². The molecule has 4 nitrogen and oxygen atoms in total. The van der Waals surface area contributed by atoms with E-state index < -0.39 is 0 Å². The van der Waals surface area contributed by atoms with E-state index in [1.54, 1.807) is 7.11 Å². The van der Waals surface area contributed by atoms with Crippen molar-refractivity contribution in [1.29, 1.82) is 0 Å². The third-order valence-corrected chi connectivity index (χ3v) is 5.78. The van der Waals surface area contributed by atoms with Gasteiger partial charge >= 0.3 is 5.97 Å². The summed E-state index contributed by atoms with van der Waals surface area (Å²) in [6.07, 6.45) is 5.52. The number of carbonyl (C=O) groups excluding carboxylic acids is 1. The molecule has 0 saturated heterocycles. The molecule has 160 valence electrons. The predicted octanol–water partition coefficient (Wildman–Crippen LogP) is 5.40. The van der Waals surface area contributed by atoms with Crippen molar-refractivity contribution in [1.82, 2.24) is 4.90 Å². The SMILES string of the molecule is CCOC(=O)c1cccc(C=C2CCC(CN(C)C)C(c3cccc(OC)c3)C2)c1. The summed E-state index contributed by atoms with van der Waals surface area (Å²) < 4.78 is 10.6. The maximum Gasteiger partial charge on any atom is 0.338 e. The van der Waals surface area contributed by atoms with E-state index in [2.05, 4.69) is 49.3 Å². The van der Waals surface area contributed by atoms with Gasteiger partial charge in [0, 0.05) is 6.54 Å². The van der Waals surface area contributed by atoms with Crippen LogP contribution in [0, 0.1) is 5.92 Å². The van der Waals surface area contributed by atoms with Crippen LogP contribution in [-0.2, 0) is 4.74 Å². The Morgan fingerprint density at radius 1 is 1.17 bits per heavy atom. The molecule has 4 heteroatoms. The van der Waals surface area contributed by atoms with E-state index in [9.17, 15) is 4.79 Å². The van der Waals surface area contributed by atoms with Crippen molar-refractivity contribution >= 4 is 12.0 Å². The molecule has 1 saturated carbocycles. The first kappa shape index (κ1) is 22.1. The number of nitrogens with zero attached hydrogens (tertiary/aromatic N) is 1. The van der Waals surface area contributed by atoms with Gasteiger partial charge in [0.1, 0.15) is 5.75 Å². The van der Waals surface area contributed by atoms with Crippen LogP contribution in [0.2, 0.25) is 0 Å². The molecule has 0 aliphatic heterocycles. The molecule has 0 spiro atoms. The Morgan fingerprint density at radius 3 is 2.70 bits per heavy atom. The monoisotopic (exact) mass is 407 g/mol. The minimum absolute atomic E-state index is 0.262. The number of esters is 1. The Balaban J connectivity index is 1.85. The molecule has 0 bridgehead atoms. The predicted molar refractivity (Wildman–Crippen MR) is 122 cm³/mol. The van der Waals surface area contributed by atoms with E-state index in [0.29, 0.717) is 24.0 Å². The van der Waals surface area contributed by atoms with E-state index >= 15 is 0 Å². The van der Waals surface area contributed by atoms with Crippen LogP contribution in [0.4, 0.5) is 0 Å². The lowest BCUT2D eigenvalue weighted by Gasteiger charge is -2.35. The highest BCUT2D eigenvalue weighted by atomic mass is 16.5. The summed E-state index contributed by atoms with van der Waals surface area (Å²) in [4.78, 5) is 14.4. The summed E-state index contributed by atoms with van der Waals surface area (Å²) in [5.41, 5.74) is 4.44. The van der Waals surface area contributed by atoms with Crippen molar-refractivity contribution in [3.8, 4) is 5.75 Å². The molecule has 30 heavy (non-hydrogen) atoms. The van der Waals surface area contributed by atoms with E-state index in [4.69, 9.17) is 9.47 Å². The fraction of sp³-hybridized carbons (Fsp3) is 0.423. The molecule has 2 unspecified atom stereocenters. The standard InChI is InChI=1S/C26H33NO3/c1-5-30-26(28)22-10-6-8-19(15-22)14-20-12-13-23(18-27(2)3)25(16-20)21-9-7-11-24(17-21)29-4/h6-11,14-15,17,23,25H,5,12-13,16,18H2,1-4H3. The van der Waals surface area contributed by atoms with Crippen LogP contribution < -0.4 is 4.74 Å². The maximum atomic E-state index is 12.1. The van der Waals surface area contributed by atoms with Crippen LogP contribution in [0.3, 0.4) is 0 Å². The van der Waals surface area contributed by atoms with Crippen LogP contribution in [0.5, 0.6) is 5.75 Å². The number of hydrogen-bond donors (Lipinski definition) is 0. The molecule has 0 amide bonds. The zero-order valence-electron chi connectivity index (χ0n) is 18.6. The number of benzene rings is 2. The molecule has 1 aliphatic rings. The third-order valence-electron chi connectivity index (χ3n) is 5.78. The molecule has 3 rings (SSSR count). The summed E-state index contributed by atoms with van der Waals surface area (Å²) >= 11 is 0. The highest BCUT2D eigenvalue weighted by Gasteiger charge is 2.29. The molecule has 1 fully saturated rings. The van der Waals surface area contributed by atoms with E-state index in [1.165, 1.54) is 11.1 Å². The maximum absolute atomic E-state index is 12.1. The van der Waals surface area contributed by atoms with Crippen LogP contribution in [0.15, 0.2) is 54.1 Å².